The van der Waals surface area contributed by atoms with Gasteiger partial charge in [-0.3, -0.25) is 0 Å². The van der Waals surface area contributed by atoms with Gasteiger partial charge in [0.15, 0.2) is 0 Å². The van der Waals surface area contributed by atoms with E-state index >= 15 is 0 Å². The van der Waals surface area contributed by atoms with Gasteiger partial charge in [0.2, 0.25) is 0 Å². The smallest absolute Gasteiger partial charge is 0.00148 e. The molecule has 1 saturated heterocycles. The van der Waals surface area contributed by atoms with Gasteiger partial charge in [-0.2, -0.15) is 0 Å². The number of hydrogen-bond donors (Lipinski definition) is 1. The second-order valence-electron chi connectivity index (χ2n) is 6.00. The van der Waals surface area contributed by atoms with E-state index < -0.39 is 0 Å². The summed E-state index contributed by atoms with van der Waals surface area (Å²) in [5.41, 5.74) is 4.07. The molecule has 1 aliphatic heterocycles. The van der Waals surface area contributed by atoms with Crippen LogP contribution in [0.15, 0.2) is 54.6 Å². The van der Waals surface area contributed by atoms with Crippen molar-refractivity contribution in [3.63, 3.8) is 0 Å². The van der Waals surface area contributed by atoms with Crippen LogP contribution in [-0.2, 0) is 6.42 Å². The summed E-state index contributed by atoms with van der Waals surface area (Å²) in [6.07, 6.45) is 2.51. The number of nitrogens with one attached hydrogen (secondary N) is 1. The second kappa shape index (κ2) is 6.23. The highest BCUT2D eigenvalue weighted by molar-refractivity contribution is 5.63. The lowest BCUT2D eigenvalue weighted by Crippen LogP contribution is -2.36. The summed E-state index contributed by atoms with van der Waals surface area (Å²) in [6, 6.07) is 19.7. The monoisotopic (exact) mass is 265 g/mol. The van der Waals surface area contributed by atoms with Crippen molar-refractivity contribution in [2.75, 3.05) is 13.1 Å². The lowest BCUT2D eigenvalue weighted by atomic mass is 9.83. The van der Waals surface area contributed by atoms with Crippen LogP contribution in [0.25, 0.3) is 11.1 Å². The van der Waals surface area contributed by atoms with Gasteiger partial charge in [0, 0.05) is 0 Å². The summed E-state index contributed by atoms with van der Waals surface area (Å²) < 4.78 is 0. The molecular formula is C19H23N. The molecule has 2 atom stereocenters. The molecule has 2 unspecified atom stereocenters. The molecule has 0 aromatic heterocycles. The third-order valence-electron chi connectivity index (χ3n) is 4.55. The van der Waals surface area contributed by atoms with E-state index in [9.17, 15) is 0 Å². The van der Waals surface area contributed by atoms with Crippen LogP contribution < -0.4 is 5.32 Å². The summed E-state index contributed by atoms with van der Waals surface area (Å²) in [4.78, 5) is 0. The van der Waals surface area contributed by atoms with E-state index in [1.54, 1.807) is 0 Å². The van der Waals surface area contributed by atoms with Crippen molar-refractivity contribution in [1.82, 2.24) is 5.32 Å². The molecule has 0 saturated carbocycles. The zero-order valence-electron chi connectivity index (χ0n) is 12.2. The van der Waals surface area contributed by atoms with E-state index in [-0.39, 0.29) is 0 Å². The fourth-order valence-electron chi connectivity index (χ4n) is 3.09. The van der Waals surface area contributed by atoms with E-state index in [1.165, 1.54) is 42.6 Å². The van der Waals surface area contributed by atoms with Gasteiger partial charge in [0.25, 0.3) is 0 Å². The minimum absolute atomic E-state index is 0.784. The SMILES string of the molecule is CC1CCNCC1Cc1ccc(-c2ccccc2)cc1. The van der Waals surface area contributed by atoms with Crippen molar-refractivity contribution in [1.29, 1.82) is 0 Å². The Morgan fingerprint density at radius 1 is 0.950 bits per heavy atom. The third-order valence-corrected chi connectivity index (χ3v) is 4.55. The Bertz CT molecular complexity index is 529. The molecule has 1 heterocycles. The normalized spacial score (nSPS) is 22.6. The standard InChI is InChI=1S/C19H23N/c1-15-11-12-20-14-19(15)13-16-7-9-18(10-8-16)17-5-3-2-4-6-17/h2-10,15,19-20H,11-14H2,1H3. The van der Waals surface area contributed by atoms with Gasteiger partial charge >= 0.3 is 0 Å². The fraction of sp³-hybridized carbons (Fsp3) is 0.368. The lowest BCUT2D eigenvalue weighted by molar-refractivity contribution is 0.273. The number of rotatable bonds is 3. The molecule has 2 aromatic carbocycles. The molecule has 2 aromatic rings. The van der Waals surface area contributed by atoms with Crippen LogP contribution in [0, 0.1) is 11.8 Å². The van der Waals surface area contributed by atoms with Crippen molar-refractivity contribution < 1.29 is 0 Å². The first-order chi connectivity index (χ1) is 9.83. The van der Waals surface area contributed by atoms with Gasteiger partial charge in [-0.15, -0.1) is 0 Å². The molecule has 104 valence electrons. The van der Waals surface area contributed by atoms with E-state index in [0.717, 1.165) is 11.8 Å². The van der Waals surface area contributed by atoms with Crippen LogP contribution in [0.4, 0.5) is 0 Å². The van der Waals surface area contributed by atoms with E-state index in [0.29, 0.717) is 0 Å². The summed E-state index contributed by atoms with van der Waals surface area (Å²) >= 11 is 0. The molecule has 0 radical (unpaired) electrons. The van der Waals surface area contributed by atoms with E-state index in [2.05, 4.69) is 66.8 Å². The molecule has 1 N–H and O–H groups in total. The highest BCUT2D eigenvalue weighted by Gasteiger charge is 2.20. The zero-order valence-corrected chi connectivity index (χ0v) is 12.2. The van der Waals surface area contributed by atoms with Crippen LogP contribution in [0.5, 0.6) is 0 Å². The van der Waals surface area contributed by atoms with Crippen molar-refractivity contribution in [3.8, 4) is 11.1 Å². The summed E-state index contributed by atoms with van der Waals surface area (Å²) in [5, 5.41) is 3.52. The quantitative estimate of drug-likeness (QED) is 0.879. The topological polar surface area (TPSA) is 12.0 Å². The first kappa shape index (κ1) is 13.4. The average Bonchev–Trinajstić information content (AvgIpc) is 2.51. The second-order valence-corrected chi connectivity index (χ2v) is 6.00. The Balaban J connectivity index is 1.70. The maximum Gasteiger partial charge on any atom is -0.00148 e. The molecule has 0 spiro atoms. The molecule has 0 bridgehead atoms. The first-order valence-electron chi connectivity index (χ1n) is 7.68. The molecule has 0 amide bonds. The third kappa shape index (κ3) is 3.10. The minimum Gasteiger partial charge on any atom is -0.316 e. The predicted molar refractivity (Wildman–Crippen MR) is 85.7 cm³/mol. The van der Waals surface area contributed by atoms with Gasteiger partial charge in [-0.25, -0.2) is 0 Å². The van der Waals surface area contributed by atoms with Crippen molar-refractivity contribution >= 4 is 0 Å². The van der Waals surface area contributed by atoms with Gasteiger partial charge in [0.1, 0.15) is 0 Å². The Labute approximate surface area is 122 Å². The van der Waals surface area contributed by atoms with Crippen LogP contribution in [-0.4, -0.2) is 13.1 Å². The lowest BCUT2D eigenvalue weighted by Gasteiger charge is -2.29. The van der Waals surface area contributed by atoms with Gasteiger partial charge in [-0.1, -0.05) is 61.5 Å². The Kier molecular flexibility index (Phi) is 4.17. The molecule has 1 nitrogen and oxygen atoms in total. The van der Waals surface area contributed by atoms with Crippen molar-refractivity contribution in [2.24, 2.45) is 11.8 Å². The highest BCUT2D eigenvalue weighted by Crippen LogP contribution is 2.24. The maximum atomic E-state index is 3.52. The van der Waals surface area contributed by atoms with E-state index in [4.69, 9.17) is 0 Å². The Morgan fingerprint density at radius 2 is 1.65 bits per heavy atom. The van der Waals surface area contributed by atoms with Crippen molar-refractivity contribution in [2.45, 2.75) is 19.8 Å². The fourth-order valence-corrected chi connectivity index (χ4v) is 3.09. The molecule has 1 heteroatoms. The molecule has 20 heavy (non-hydrogen) atoms. The van der Waals surface area contributed by atoms with Crippen LogP contribution in [0.3, 0.4) is 0 Å². The minimum atomic E-state index is 0.784. The van der Waals surface area contributed by atoms with Crippen molar-refractivity contribution in [3.05, 3.63) is 60.2 Å². The molecular weight excluding hydrogens is 242 g/mol. The van der Waals surface area contributed by atoms with E-state index in [1.807, 2.05) is 0 Å². The zero-order chi connectivity index (χ0) is 13.8. The number of benzene rings is 2. The van der Waals surface area contributed by atoms with Gasteiger partial charge in [-0.05, 0) is 54.5 Å². The number of piperidine rings is 1. The largest absolute Gasteiger partial charge is 0.316 e. The summed E-state index contributed by atoms with van der Waals surface area (Å²) in [5.74, 6) is 1.62. The Hall–Kier alpha value is -1.60. The average molecular weight is 265 g/mol. The molecule has 3 rings (SSSR count). The maximum absolute atomic E-state index is 3.52. The molecule has 1 fully saturated rings. The molecule has 0 aliphatic carbocycles. The molecule has 1 aliphatic rings. The summed E-state index contributed by atoms with van der Waals surface area (Å²) in [7, 11) is 0. The Morgan fingerprint density at radius 3 is 2.35 bits per heavy atom. The van der Waals surface area contributed by atoms with Crippen LogP contribution in [0.1, 0.15) is 18.9 Å². The van der Waals surface area contributed by atoms with Gasteiger partial charge < -0.3 is 5.32 Å². The first-order valence-corrected chi connectivity index (χ1v) is 7.68. The highest BCUT2D eigenvalue weighted by atomic mass is 14.9. The van der Waals surface area contributed by atoms with Crippen LogP contribution >= 0.6 is 0 Å². The van der Waals surface area contributed by atoms with Crippen LogP contribution in [0.2, 0.25) is 0 Å². The van der Waals surface area contributed by atoms with Gasteiger partial charge in [0.05, 0.1) is 0 Å². The predicted octanol–water partition coefficient (Wildman–Crippen LogP) is 4.14. The summed E-state index contributed by atoms with van der Waals surface area (Å²) in [6.45, 7) is 4.75. The number of hydrogen-bond acceptors (Lipinski definition) is 1.